The minimum atomic E-state index is -1.16. The molecule has 2 aromatic heterocycles. The van der Waals surface area contributed by atoms with Gasteiger partial charge in [-0.3, -0.25) is 14.4 Å². The van der Waals surface area contributed by atoms with Crippen molar-refractivity contribution in [3.8, 4) is 17.1 Å². The summed E-state index contributed by atoms with van der Waals surface area (Å²) < 4.78 is 16.4. The fraction of sp³-hybridized carbons (Fsp3) is 0.581. The highest BCUT2D eigenvalue weighted by Gasteiger charge is 2.38. The first kappa shape index (κ1) is 49.7. The Morgan fingerprint density at radius 3 is 2.33 bits per heavy atom. The van der Waals surface area contributed by atoms with Crippen molar-refractivity contribution in [3.05, 3.63) is 51.5 Å². The van der Waals surface area contributed by atoms with Crippen LogP contribution in [-0.4, -0.2) is 100 Å². The van der Waals surface area contributed by atoms with Crippen molar-refractivity contribution in [3.63, 3.8) is 0 Å². The molecule has 1 aromatic carbocycles. The zero-order valence-electron chi connectivity index (χ0n) is 36.3. The average molecular weight is 876 g/mol. The van der Waals surface area contributed by atoms with E-state index in [1.54, 1.807) is 32.2 Å². The van der Waals surface area contributed by atoms with Gasteiger partial charge in [0.05, 0.1) is 36.2 Å². The van der Waals surface area contributed by atoms with Gasteiger partial charge in [0.15, 0.2) is 10.6 Å². The van der Waals surface area contributed by atoms with Crippen LogP contribution in [0.5, 0.6) is 5.75 Å². The lowest BCUT2D eigenvalue weighted by Gasteiger charge is -2.28. The van der Waals surface area contributed by atoms with Crippen molar-refractivity contribution in [2.45, 2.75) is 130 Å². The third kappa shape index (κ3) is 14.2. The normalized spacial score (nSPS) is 20.0. The molecule has 17 heteroatoms. The van der Waals surface area contributed by atoms with E-state index in [4.69, 9.17) is 25.8 Å². The number of alkyl carbamates (subject to hydrolysis) is 1. The predicted octanol–water partition coefficient (Wildman–Crippen LogP) is 7.63. The highest BCUT2D eigenvalue weighted by molar-refractivity contribution is 7.14. The second-order valence-corrected chi connectivity index (χ2v) is 16.8. The van der Waals surface area contributed by atoms with E-state index in [-0.39, 0.29) is 30.3 Å². The van der Waals surface area contributed by atoms with Crippen LogP contribution in [0.2, 0.25) is 5.02 Å². The molecule has 332 valence electrons. The van der Waals surface area contributed by atoms with E-state index in [1.807, 2.05) is 33.1 Å². The standard InChI is InChI=1S/C21H31N3O7.C16H16ClN3O2S.C4H10.C2H6/c1-3-12(2)18(20(27)28)23-19(26)16-5-4-8-24(16)17(25)11-22-21(29)31-15-9-13-6-7-14(10-15)30-13;1-8(2)18-16-20-11(7-23-16)10-6-12(21)9-4-5-13(22-3)14(17)15(9)19-10;1-4(2)3;1-2/h3,12-16,18H,1,4-11H2,2H3,(H,22,29)(H,23,26)(H,27,28);4-8H,1-3H3,(H,18,20)(H,19,21);4H,1-3H3;1-2H3. The molecule has 5 unspecified atom stereocenters. The van der Waals surface area contributed by atoms with E-state index in [0.29, 0.717) is 71.3 Å². The Morgan fingerprint density at radius 1 is 1.10 bits per heavy atom. The first-order valence-corrected chi connectivity index (χ1v) is 21.9. The van der Waals surface area contributed by atoms with Crippen LogP contribution in [-0.2, 0) is 23.9 Å². The Balaban J connectivity index is 0.000000292. The lowest BCUT2D eigenvalue weighted by molar-refractivity contribution is -0.144. The molecule has 0 radical (unpaired) electrons. The summed E-state index contributed by atoms with van der Waals surface area (Å²) in [6.45, 7) is 19.9. The molecule has 3 amide bonds. The van der Waals surface area contributed by atoms with Crippen LogP contribution in [0.15, 0.2) is 41.0 Å². The monoisotopic (exact) mass is 874 g/mol. The van der Waals surface area contributed by atoms with Gasteiger partial charge in [0.1, 0.15) is 35.5 Å². The van der Waals surface area contributed by atoms with Crippen LogP contribution < -0.4 is 26.1 Å². The Kier molecular flexibility index (Phi) is 19.8. The molecule has 60 heavy (non-hydrogen) atoms. The van der Waals surface area contributed by atoms with Crippen LogP contribution in [0.3, 0.4) is 0 Å². The number of carbonyl (C=O) groups excluding carboxylic acids is 3. The van der Waals surface area contributed by atoms with Gasteiger partial charge in [-0.25, -0.2) is 14.6 Å². The number of likely N-dealkylation sites (tertiary alicyclic amines) is 1. The summed E-state index contributed by atoms with van der Waals surface area (Å²) in [5.41, 5.74) is 1.78. The lowest BCUT2D eigenvalue weighted by Crippen LogP contribution is -2.53. The molecule has 2 bridgehead atoms. The van der Waals surface area contributed by atoms with Crippen molar-refractivity contribution < 1.29 is 38.5 Å². The molecule has 3 aromatic rings. The van der Waals surface area contributed by atoms with Crippen molar-refractivity contribution in [1.82, 2.24) is 25.5 Å². The number of anilines is 1. The number of carbonyl (C=O) groups is 4. The highest BCUT2D eigenvalue weighted by atomic mass is 35.5. The Hall–Kier alpha value is -4.67. The predicted molar refractivity (Wildman–Crippen MR) is 237 cm³/mol. The fourth-order valence-corrected chi connectivity index (χ4v) is 7.91. The maximum Gasteiger partial charge on any atom is 0.407 e. The minimum Gasteiger partial charge on any atom is -0.495 e. The number of benzene rings is 1. The van der Waals surface area contributed by atoms with Crippen molar-refractivity contribution >= 4 is 62.8 Å². The number of carboxylic acid groups (broad SMARTS) is 1. The van der Waals surface area contributed by atoms with Crippen LogP contribution in [0.25, 0.3) is 22.3 Å². The maximum absolute atomic E-state index is 12.6. The van der Waals surface area contributed by atoms with E-state index in [2.05, 4.69) is 53.3 Å². The van der Waals surface area contributed by atoms with E-state index in [1.165, 1.54) is 22.3 Å². The van der Waals surface area contributed by atoms with Crippen LogP contribution in [0.1, 0.15) is 93.9 Å². The molecular formula is C43H63ClN6O9S. The average Bonchev–Trinajstić information content (AvgIpc) is 3.97. The number of fused-ring (bicyclic) bond motifs is 3. The second-order valence-electron chi connectivity index (χ2n) is 15.6. The van der Waals surface area contributed by atoms with Gasteiger partial charge in [-0.2, -0.15) is 0 Å². The second kappa shape index (κ2) is 23.9. The molecule has 3 aliphatic rings. The molecule has 5 N–H and O–H groups in total. The zero-order valence-corrected chi connectivity index (χ0v) is 37.8. The van der Waals surface area contributed by atoms with Gasteiger partial charge >= 0.3 is 12.1 Å². The van der Waals surface area contributed by atoms with Gasteiger partial charge in [0, 0.05) is 48.2 Å². The minimum absolute atomic E-state index is 0.107. The molecule has 3 saturated heterocycles. The number of aliphatic carboxylic acids is 1. The zero-order chi connectivity index (χ0) is 44.7. The van der Waals surface area contributed by atoms with Gasteiger partial charge in [0.2, 0.25) is 11.8 Å². The number of hydrogen-bond donors (Lipinski definition) is 5. The smallest absolute Gasteiger partial charge is 0.407 e. The number of nitrogens with one attached hydrogen (secondary N) is 4. The third-order valence-electron chi connectivity index (χ3n) is 9.56. The third-order valence-corrected chi connectivity index (χ3v) is 10.7. The number of aromatic amines is 1. The fourth-order valence-electron chi connectivity index (χ4n) is 6.76. The van der Waals surface area contributed by atoms with Gasteiger partial charge < -0.3 is 45.2 Å². The number of ether oxygens (including phenoxy) is 3. The highest BCUT2D eigenvalue weighted by Crippen LogP contribution is 2.34. The molecule has 3 fully saturated rings. The summed E-state index contributed by atoms with van der Waals surface area (Å²) in [7, 11) is 1.54. The Morgan fingerprint density at radius 2 is 1.75 bits per heavy atom. The molecule has 0 spiro atoms. The molecule has 0 saturated carbocycles. The summed E-state index contributed by atoms with van der Waals surface area (Å²) in [6.07, 6.45) is 5.21. The summed E-state index contributed by atoms with van der Waals surface area (Å²) in [5.74, 6) is -1.21. The largest absolute Gasteiger partial charge is 0.495 e. The first-order chi connectivity index (χ1) is 28.5. The van der Waals surface area contributed by atoms with Gasteiger partial charge in [-0.15, -0.1) is 17.9 Å². The van der Waals surface area contributed by atoms with Gasteiger partial charge in [-0.1, -0.05) is 59.2 Å². The number of H-pyrrole nitrogens is 1. The summed E-state index contributed by atoms with van der Waals surface area (Å²) >= 11 is 7.82. The molecular weight excluding hydrogens is 812 g/mol. The number of nitrogens with zero attached hydrogens (tertiary/aromatic N) is 2. The topological polar surface area (TPSA) is 201 Å². The molecule has 3 aliphatic heterocycles. The number of carboxylic acids is 1. The summed E-state index contributed by atoms with van der Waals surface area (Å²) in [4.78, 5) is 70.2. The number of methoxy groups -OCH3 is 1. The van der Waals surface area contributed by atoms with Crippen molar-refractivity contribution in [1.29, 1.82) is 0 Å². The summed E-state index contributed by atoms with van der Waals surface area (Å²) in [5, 5.41) is 21.2. The van der Waals surface area contributed by atoms with Gasteiger partial charge in [0.25, 0.3) is 0 Å². The van der Waals surface area contributed by atoms with Crippen molar-refractivity contribution in [2.24, 2.45) is 11.8 Å². The molecule has 0 aliphatic carbocycles. The van der Waals surface area contributed by atoms with E-state index in [9.17, 15) is 29.1 Å². The van der Waals surface area contributed by atoms with Crippen LogP contribution >= 0.6 is 22.9 Å². The maximum atomic E-state index is 12.6. The van der Waals surface area contributed by atoms with Crippen LogP contribution in [0, 0.1) is 11.8 Å². The summed E-state index contributed by atoms with van der Waals surface area (Å²) in [6, 6.07) is 3.34. The molecule has 6 rings (SSSR count). The van der Waals surface area contributed by atoms with Crippen molar-refractivity contribution in [2.75, 3.05) is 25.5 Å². The van der Waals surface area contributed by atoms with Gasteiger partial charge in [-0.05, 0) is 57.6 Å². The van der Waals surface area contributed by atoms with E-state index in [0.717, 1.165) is 23.9 Å². The Labute approximate surface area is 362 Å². The lowest BCUT2D eigenvalue weighted by atomic mass is 10.0. The molecule has 5 atom stereocenters. The number of rotatable bonds is 12. The SMILES string of the molecule is C=CC(C)C(NC(=O)C1CCCN1C(=O)CNC(=O)OC1CC2CCC(C1)O2)C(=O)O.CC.CC(C)C.COc1ccc2c(=O)cc(-c3csc(NC(C)C)n3)[nH]c2c1Cl. The quantitative estimate of drug-likeness (QED) is 0.112. The number of aromatic nitrogens is 2. The number of halogens is 1. The van der Waals surface area contributed by atoms with E-state index < -0.39 is 41.9 Å². The number of pyridine rings is 1. The number of thiazole rings is 1. The number of hydrogen-bond acceptors (Lipinski definition) is 11. The number of amides is 3. The van der Waals surface area contributed by atoms with Crippen LogP contribution in [0.4, 0.5) is 9.93 Å². The molecule has 15 nitrogen and oxygen atoms in total. The van der Waals surface area contributed by atoms with E-state index >= 15 is 0 Å². The first-order valence-electron chi connectivity index (χ1n) is 20.7. The molecule has 5 heterocycles. The Bertz CT molecular complexity index is 1960.